The molecular formula is C19H20F3NO4S. The molecule has 2 aromatic rings. The molecule has 0 saturated carbocycles. The van der Waals surface area contributed by atoms with E-state index in [0.717, 1.165) is 30.5 Å². The standard InChI is InChI=1S/C19H20F3NO4S/c1-13(2)23(12-14-5-4-6-17(11-14)27-28(3,25)26)18(24)15-7-9-16(10-8-15)19(20,21)22/h4-11,13H,12H2,1-3H3. The molecule has 0 radical (unpaired) electrons. The highest BCUT2D eigenvalue weighted by Gasteiger charge is 2.30. The third-order valence-corrected chi connectivity index (χ3v) is 4.34. The van der Waals surface area contributed by atoms with E-state index in [9.17, 15) is 26.4 Å². The van der Waals surface area contributed by atoms with E-state index in [1.54, 1.807) is 26.0 Å². The molecule has 0 aliphatic carbocycles. The Morgan fingerprint density at radius 3 is 2.21 bits per heavy atom. The minimum Gasteiger partial charge on any atom is -0.383 e. The molecule has 1 amide bonds. The van der Waals surface area contributed by atoms with Gasteiger partial charge in [-0.2, -0.15) is 21.6 Å². The number of carbonyl (C=O) groups excluding carboxylic acids is 1. The predicted molar refractivity (Wildman–Crippen MR) is 98.4 cm³/mol. The van der Waals surface area contributed by atoms with Crippen LogP contribution in [0.15, 0.2) is 48.5 Å². The number of rotatable bonds is 6. The molecule has 0 aliphatic heterocycles. The SMILES string of the molecule is CC(C)N(Cc1cccc(OS(C)(=O)=O)c1)C(=O)c1ccc(C(F)(F)F)cc1. The van der Waals surface area contributed by atoms with E-state index in [0.29, 0.717) is 5.56 Å². The molecule has 0 bridgehead atoms. The first-order chi connectivity index (χ1) is 12.9. The molecule has 0 spiro atoms. The van der Waals surface area contributed by atoms with Crippen LogP contribution in [0.2, 0.25) is 0 Å². The predicted octanol–water partition coefficient (Wildman–Crippen LogP) is 4.09. The van der Waals surface area contributed by atoms with E-state index in [4.69, 9.17) is 4.18 Å². The summed E-state index contributed by atoms with van der Waals surface area (Å²) in [6.07, 6.45) is -3.55. The molecule has 28 heavy (non-hydrogen) atoms. The average molecular weight is 415 g/mol. The van der Waals surface area contributed by atoms with Crippen molar-refractivity contribution in [2.45, 2.75) is 32.6 Å². The van der Waals surface area contributed by atoms with Crippen LogP contribution in [0.3, 0.4) is 0 Å². The first-order valence-corrected chi connectivity index (χ1v) is 10.1. The first-order valence-electron chi connectivity index (χ1n) is 8.33. The number of hydrogen-bond donors (Lipinski definition) is 0. The highest BCUT2D eigenvalue weighted by atomic mass is 32.2. The Labute approximate surface area is 161 Å². The maximum Gasteiger partial charge on any atom is 0.416 e. The molecule has 0 heterocycles. The molecule has 0 N–H and O–H groups in total. The summed E-state index contributed by atoms with van der Waals surface area (Å²) in [4.78, 5) is 14.3. The van der Waals surface area contributed by atoms with Gasteiger partial charge in [-0.25, -0.2) is 0 Å². The molecule has 0 saturated heterocycles. The van der Waals surface area contributed by atoms with Crippen LogP contribution in [-0.4, -0.2) is 31.5 Å². The summed E-state index contributed by atoms with van der Waals surface area (Å²) in [6, 6.07) is 10.0. The molecular weight excluding hydrogens is 395 g/mol. The molecule has 2 aromatic carbocycles. The van der Waals surface area contributed by atoms with Gasteiger partial charge in [-0.3, -0.25) is 4.79 Å². The largest absolute Gasteiger partial charge is 0.416 e. The summed E-state index contributed by atoms with van der Waals surface area (Å²) >= 11 is 0. The Morgan fingerprint density at radius 1 is 1.11 bits per heavy atom. The molecule has 0 fully saturated rings. The van der Waals surface area contributed by atoms with Gasteiger partial charge in [0.25, 0.3) is 5.91 Å². The number of alkyl halides is 3. The number of carbonyl (C=O) groups is 1. The number of halogens is 3. The zero-order chi connectivity index (χ0) is 21.1. The number of benzene rings is 2. The minimum absolute atomic E-state index is 0.116. The Morgan fingerprint density at radius 2 is 1.71 bits per heavy atom. The molecule has 9 heteroatoms. The van der Waals surface area contributed by atoms with Crippen molar-refractivity contribution in [3.63, 3.8) is 0 Å². The first kappa shape index (κ1) is 21.7. The van der Waals surface area contributed by atoms with Gasteiger partial charge in [0.15, 0.2) is 0 Å². The van der Waals surface area contributed by atoms with Crippen LogP contribution in [0.4, 0.5) is 13.2 Å². The van der Waals surface area contributed by atoms with E-state index in [1.807, 2.05) is 0 Å². The number of amides is 1. The molecule has 0 unspecified atom stereocenters. The summed E-state index contributed by atoms with van der Waals surface area (Å²) in [5.41, 5.74) is -0.0777. The van der Waals surface area contributed by atoms with Crippen molar-refractivity contribution in [2.75, 3.05) is 6.26 Å². The van der Waals surface area contributed by atoms with Crippen molar-refractivity contribution in [3.05, 3.63) is 65.2 Å². The fourth-order valence-corrected chi connectivity index (χ4v) is 2.98. The van der Waals surface area contributed by atoms with Crippen molar-refractivity contribution >= 4 is 16.0 Å². The maximum absolute atomic E-state index is 12.8. The maximum atomic E-state index is 12.8. The van der Waals surface area contributed by atoms with Gasteiger partial charge in [0.2, 0.25) is 0 Å². The van der Waals surface area contributed by atoms with Crippen LogP contribution in [0.25, 0.3) is 0 Å². The second-order valence-electron chi connectivity index (χ2n) is 6.54. The normalized spacial score (nSPS) is 12.1. The van der Waals surface area contributed by atoms with E-state index < -0.39 is 27.8 Å². The Kier molecular flexibility index (Phi) is 6.38. The lowest BCUT2D eigenvalue weighted by molar-refractivity contribution is -0.137. The molecule has 0 aliphatic rings. The topological polar surface area (TPSA) is 63.7 Å². The van der Waals surface area contributed by atoms with Gasteiger partial charge in [-0.1, -0.05) is 12.1 Å². The van der Waals surface area contributed by atoms with Crippen LogP contribution in [0.1, 0.15) is 35.3 Å². The minimum atomic E-state index is -4.47. The van der Waals surface area contributed by atoms with Crippen molar-refractivity contribution in [3.8, 4) is 5.75 Å². The molecule has 2 rings (SSSR count). The van der Waals surface area contributed by atoms with Gasteiger partial charge in [-0.05, 0) is 55.8 Å². The Hall–Kier alpha value is -2.55. The summed E-state index contributed by atoms with van der Waals surface area (Å²) in [5.74, 6) is -0.316. The van der Waals surface area contributed by atoms with Gasteiger partial charge in [0.1, 0.15) is 5.75 Å². The van der Waals surface area contributed by atoms with Gasteiger partial charge in [0.05, 0.1) is 11.8 Å². The fraction of sp³-hybridized carbons (Fsp3) is 0.316. The quantitative estimate of drug-likeness (QED) is 0.667. The zero-order valence-corrected chi connectivity index (χ0v) is 16.3. The molecule has 5 nitrogen and oxygen atoms in total. The van der Waals surface area contributed by atoms with Crippen LogP contribution in [0, 0.1) is 0 Å². The molecule has 152 valence electrons. The van der Waals surface area contributed by atoms with Gasteiger partial charge < -0.3 is 9.08 Å². The monoisotopic (exact) mass is 415 g/mol. The highest BCUT2D eigenvalue weighted by Crippen LogP contribution is 2.29. The third-order valence-electron chi connectivity index (χ3n) is 3.84. The van der Waals surface area contributed by atoms with Crippen molar-refractivity contribution < 1.29 is 30.6 Å². The smallest absolute Gasteiger partial charge is 0.383 e. The van der Waals surface area contributed by atoms with E-state index >= 15 is 0 Å². The fourth-order valence-electron chi connectivity index (χ4n) is 2.52. The summed E-state index contributed by atoms with van der Waals surface area (Å²) in [6.45, 7) is 3.69. The number of nitrogens with zero attached hydrogens (tertiary/aromatic N) is 1. The number of hydrogen-bond acceptors (Lipinski definition) is 4. The Bertz CT molecular complexity index is 938. The molecule has 0 atom stereocenters. The van der Waals surface area contributed by atoms with Crippen LogP contribution >= 0.6 is 0 Å². The second kappa shape index (κ2) is 8.22. The Balaban J connectivity index is 2.24. The van der Waals surface area contributed by atoms with Gasteiger partial charge >= 0.3 is 16.3 Å². The molecule has 0 aromatic heterocycles. The average Bonchev–Trinajstić information content (AvgIpc) is 2.57. The highest BCUT2D eigenvalue weighted by molar-refractivity contribution is 7.86. The second-order valence-corrected chi connectivity index (χ2v) is 8.11. The van der Waals surface area contributed by atoms with Gasteiger partial charge in [-0.15, -0.1) is 0 Å². The van der Waals surface area contributed by atoms with Crippen LogP contribution in [0.5, 0.6) is 5.75 Å². The lowest BCUT2D eigenvalue weighted by Gasteiger charge is -2.27. The van der Waals surface area contributed by atoms with E-state index in [2.05, 4.69) is 0 Å². The van der Waals surface area contributed by atoms with Crippen LogP contribution in [-0.2, 0) is 22.8 Å². The van der Waals surface area contributed by atoms with Crippen LogP contribution < -0.4 is 4.18 Å². The summed E-state index contributed by atoms with van der Waals surface area (Å²) in [5, 5.41) is 0. The van der Waals surface area contributed by atoms with Crippen molar-refractivity contribution in [2.24, 2.45) is 0 Å². The van der Waals surface area contributed by atoms with Crippen molar-refractivity contribution in [1.82, 2.24) is 4.90 Å². The van der Waals surface area contributed by atoms with Crippen molar-refractivity contribution in [1.29, 1.82) is 0 Å². The van der Waals surface area contributed by atoms with Gasteiger partial charge in [0, 0.05) is 18.2 Å². The van der Waals surface area contributed by atoms with E-state index in [1.165, 1.54) is 17.0 Å². The third kappa shape index (κ3) is 5.98. The lowest BCUT2D eigenvalue weighted by Crippen LogP contribution is -2.36. The zero-order valence-electron chi connectivity index (χ0n) is 15.5. The summed E-state index contributed by atoms with van der Waals surface area (Å²) in [7, 11) is -3.69. The lowest BCUT2D eigenvalue weighted by atomic mass is 10.1. The van der Waals surface area contributed by atoms with E-state index in [-0.39, 0.29) is 23.9 Å². The summed E-state index contributed by atoms with van der Waals surface area (Å²) < 4.78 is 65.5.